The van der Waals surface area contributed by atoms with E-state index >= 15 is 0 Å². The summed E-state index contributed by atoms with van der Waals surface area (Å²) in [7, 11) is 0. The molecule has 1 atom stereocenters. The molecule has 0 aromatic rings. The fourth-order valence-corrected chi connectivity index (χ4v) is 0.487. The highest BCUT2D eigenvalue weighted by molar-refractivity contribution is 6.18. The maximum atomic E-state index is 10.0. The van der Waals surface area contributed by atoms with E-state index in [0.717, 1.165) is 0 Å². The standard InChI is InChI=1S/C5H10ClNO2/c1-5(7,3-6)2-4(8)9/h2-3,7H2,1H3,(H,8,9). The topological polar surface area (TPSA) is 63.3 Å². The lowest BCUT2D eigenvalue weighted by Gasteiger charge is -2.17. The van der Waals surface area contributed by atoms with Crippen LogP contribution in [0.4, 0.5) is 0 Å². The summed E-state index contributed by atoms with van der Waals surface area (Å²) in [4.78, 5) is 10.0. The van der Waals surface area contributed by atoms with Gasteiger partial charge in [-0.1, -0.05) is 0 Å². The predicted molar refractivity (Wildman–Crippen MR) is 35.6 cm³/mol. The molecule has 1 unspecified atom stereocenters. The molecule has 0 aliphatic heterocycles. The van der Waals surface area contributed by atoms with Gasteiger partial charge in [0.1, 0.15) is 0 Å². The maximum absolute atomic E-state index is 10.0. The number of rotatable bonds is 3. The first kappa shape index (κ1) is 8.72. The molecule has 9 heavy (non-hydrogen) atoms. The van der Waals surface area contributed by atoms with Crippen molar-refractivity contribution >= 4 is 17.6 Å². The third-order valence-electron chi connectivity index (χ3n) is 0.860. The number of aliphatic carboxylic acids is 1. The fraction of sp³-hybridized carbons (Fsp3) is 0.800. The van der Waals surface area contributed by atoms with Crippen LogP contribution in [0.1, 0.15) is 13.3 Å². The molecule has 3 N–H and O–H groups in total. The van der Waals surface area contributed by atoms with E-state index in [1.54, 1.807) is 6.92 Å². The van der Waals surface area contributed by atoms with Gasteiger partial charge in [-0.05, 0) is 6.92 Å². The molecule has 0 aromatic carbocycles. The second-order valence-corrected chi connectivity index (χ2v) is 2.63. The van der Waals surface area contributed by atoms with Gasteiger partial charge >= 0.3 is 5.97 Å². The number of carboxylic acid groups (broad SMARTS) is 1. The molecule has 3 nitrogen and oxygen atoms in total. The summed E-state index contributed by atoms with van der Waals surface area (Å²) in [5.74, 6) is -0.750. The Hall–Kier alpha value is -0.280. The van der Waals surface area contributed by atoms with Gasteiger partial charge in [-0.3, -0.25) is 4.79 Å². The van der Waals surface area contributed by atoms with Crippen LogP contribution in [-0.2, 0) is 4.79 Å². The van der Waals surface area contributed by atoms with Crippen LogP contribution in [-0.4, -0.2) is 22.5 Å². The lowest BCUT2D eigenvalue weighted by molar-refractivity contribution is -0.138. The molecule has 0 heterocycles. The number of alkyl halides is 1. The highest BCUT2D eigenvalue weighted by Gasteiger charge is 2.20. The Balaban J connectivity index is 3.71. The van der Waals surface area contributed by atoms with E-state index in [9.17, 15) is 4.79 Å². The van der Waals surface area contributed by atoms with E-state index in [1.165, 1.54) is 0 Å². The summed E-state index contributed by atoms with van der Waals surface area (Å²) in [6.07, 6.45) is -0.0868. The van der Waals surface area contributed by atoms with Gasteiger partial charge in [0.05, 0.1) is 6.42 Å². The van der Waals surface area contributed by atoms with Crippen molar-refractivity contribution in [2.75, 3.05) is 5.88 Å². The van der Waals surface area contributed by atoms with E-state index in [-0.39, 0.29) is 12.3 Å². The molecule has 0 radical (unpaired) electrons. The van der Waals surface area contributed by atoms with Gasteiger partial charge in [0.15, 0.2) is 0 Å². The van der Waals surface area contributed by atoms with Gasteiger partial charge in [0.2, 0.25) is 0 Å². The van der Waals surface area contributed by atoms with Gasteiger partial charge < -0.3 is 10.8 Å². The third kappa shape index (κ3) is 4.24. The minimum Gasteiger partial charge on any atom is -0.481 e. The lowest BCUT2D eigenvalue weighted by Crippen LogP contribution is -2.40. The molecule has 0 spiro atoms. The molecule has 0 aromatic heterocycles. The van der Waals surface area contributed by atoms with E-state index in [2.05, 4.69) is 0 Å². The van der Waals surface area contributed by atoms with Crippen molar-refractivity contribution in [3.05, 3.63) is 0 Å². The van der Waals surface area contributed by atoms with Gasteiger partial charge in [0, 0.05) is 11.4 Å². The van der Waals surface area contributed by atoms with Crippen molar-refractivity contribution in [1.29, 1.82) is 0 Å². The molecule has 0 saturated carbocycles. The van der Waals surface area contributed by atoms with Gasteiger partial charge in [0.25, 0.3) is 0 Å². The van der Waals surface area contributed by atoms with Crippen LogP contribution in [0.3, 0.4) is 0 Å². The zero-order valence-electron chi connectivity index (χ0n) is 5.22. The summed E-state index contributed by atoms with van der Waals surface area (Å²) >= 11 is 5.35. The van der Waals surface area contributed by atoms with Crippen LogP contribution >= 0.6 is 11.6 Å². The fourth-order valence-electron chi connectivity index (χ4n) is 0.393. The highest BCUT2D eigenvalue weighted by Crippen LogP contribution is 2.06. The van der Waals surface area contributed by atoms with Crippen LogP contribution in [0.5, 0.6) is 0 Å². The number of hydrogen-bond acceptors (Lipinski definition) is 2. The van der Waals surface area contributed by atoms with Gasteiger partial charge in [-0.15, -0.1) is 11.6 Å². The Bertz CT molecular complexity index is 114. The maximum Gasteiger partial charge on any atom is 0.305 e. The second-order valence-electron chi connectivity index (χ2n) is 2.36. The SMILES string of the molecule is CC(N)(CCl)CC(=O)O. The van der Waals surface area contributed by atoms with Crippen LogP contribution in [0.25, 0.3) is 0 Å². The van der Waals surface area contributed by atoms with Crippen molar-refractivity contribution in [2.24, 2.45) is 5.73 Å². The molecule has 0 saturated heterocycles. The number of halogens is 1. The van der Waals surface area contributed by atoms with Gasteiger partial charge in [-0.25, -0.2) is 0 Å². The summed E-state index contributed by atoms with van der Waals surface area (Å²) in [5.41, 5.74) is 4.63. The Kier molecular flexibility index (Phi) is 2.94. The van der Waals surface area contributed by atoms with E-state index in [0.29, 0.717) is 0 Å². The number of carboxylic acids is 1. The van der Waals surface area contributed by atoms with E-state index < -0.39 is 11.5 Å². The van der Waals surface area contributed by atoms with Crippen LogP contribution in [0.2, 0.25) is 0 Å². The molecule has 4 heteroatoms. The molecule has 0 bridgehead atoms. The monoisotopic (exact) mass is 151 g/mol. The molecule has 0 amide bonds. The minimum absolute atomic E-state index is 0.0868. The molecular formula is C5H10ClNO2. The first-order chi connectivity index (χ1) is 3.98. The van der Waals surface area contributed by atoms with Crippen LogP contribution < -0.4 is 5.73 Å². The normalized spacial score (nSPS) is 16.8. The minimum atomic E-state index is -0.916. The molecule has 0 rings (SSSR count). The smallest absolute Gasteiger partial charge is 0.305 e. The lowest BCUT2D eigenvalue weighted by atomic mass is 10.0. The first-order valence-electron chi connectivity index (χ1n) is 2.54. The van der Waals surface area contributed by atoms with Crippen molar-refractivity contribution < 1.29 is 9.90 Å². The number of carbonyl (C=O) groups is 1. The number of hydrogen-bond donors (Lipinski definition) is 2. The van der Waals surface area contributed by atoms with Crippen LogP contribution in [0.15, 0.2) is 0 Å². The first-order valence-corrected chi connectivity index (χ1v) is 3.08. The summed E-state index contributed by atoms with van der Waals surface area (Å²) in [6, 6.07) is 0. The second kappa shape index (κ2) is 3.03. The quantitative estimate of drug-likeness (QED) is 0.575. The van der Waals surface area contributed by atoms with Crippen molar-refractivity contribution in [3.8, 4) is 0 Å². The van der Waals surface area contributed by atoms with Gasteiger partial charge in [-0.2, -0.15) is 0 Å². The molecule has 54 valence electrons. The largest absolute Gasteiger partial charge is 0.481 e. The summed E-state index contributed by atoms with van der Waals surface area (Å²) in [6.45, 7) is 1.61. The Labute approximate surface area is 58.8 Å². The van der Waals surface area contributed by atoms with Crippen molar-refractivity contribution in [1.82, 2.24) is 0 Å². The molecule has 0 aliphatic carbocycles. The predicted octanol–water partition coefficient (Wildman–Crippen LogP) is 0.417. The van der Waals surface area contributed by atoms with E-state index in [4.69, 9.17) is 22.4 Å². The Morgan fingerprint density at radius 3 is 2.44 bits per heavy atom. The van der Waals surface area contributed by atoms with Crippen molar-refractivity contribution in [2.45, 2.75) is 18.9 Å². The molecule has 0 fully saturated rings. The zero-order chi connectivity index (χ0) is 7.49. The van der Waals surface area contributed by atoms with Crippen molar-refractivity contribution in [3.63, 3.8) is 0 Å². The summed E-state index contributed by atoms with van der Waals surface area (Å²) in [5, 5.41) is 8.24. The average molecular weight is 152 g/mol. The molecular weight excluding hydrogens is 142 g/mol. The van der Waals surface area contributed by atoms with E-state index in [1.807, 2.05) is 0 Å². The zero-order valence-corrected chi connectivity index (χ0v) is 5.98. The summed E-state index contributed by atoms with van der Waals surface area (Å²) < 4.78 is 0. The Morgan fingerprint density at radius 2 is 2.33 bits per heavy atom. The molecule has 0 aliphatic rings. The Morgan fingerprint density at radius 1 is 1.89 bits per heavy atom. The highest BCUT2D eigenvalue weighted by atomic mass is 35.5. The third-order valence-corrected chi connectivity index (χ3v) is 1.47. The number of nitrogens with two attached hydrogens (primary N) is 1. The average Bonchev–Trinajstić information content (AvgIpc) is 1.63. The van der Waals surface area contributed by atoms with Crippen LogP contribution in [0, 0.1) is 0 Å².